The third-order valence-electron chi connectivity index (χ3n) is 0.299. The third-order valence-corrected chi connectivity index (χ3v) is 0.896. The first-order chi connectivity index (χ1) is 3.06. The topological polar surface area (TPSA) is 34.1 Å². The molecule has 0 radical (unpaired) electrons. The molecule has 0 aromatic carbocycles. The highest BCUT2D eigenvalue weighted by Crippen LogP contribution is 1.83. The predicted octanol–water partition coefficient (Wildman–Crippen LogP) is 0.472. The zero-order valence-corrected chi connectivity index (χ0v) is 4.57. The van der Waals surface area contributed by atoms with Crippen molar-refractivity contribution >= 4 is 9.84 Å². The minimum absolute atomic E-state index is 0.00463. The molecule has 0 heterocycles. The Balaban J connectivity index is 4.13. The van der Waals surface area contributed by atoms with Gasteiger partial charge in [0.25, 0.3) is 0 Å². The summed E-state index contributed by atoms with van der Waals surface area (Å²) in [6.45, 7) is 0. The van der Waals surface area contributed by atoms with Gasteiger partial charge < -0.3 is 0 Å². The van der Waals surface area contributed by atoms with Crippen LogP contribution in [0, 0.1) is 0 Å². The highest BCUT2D eigenvalue weighted by Gasteiger charge is 1.88. The van der Waals surface area contributed by atoms with Gasteiger partial charge in [-0.25, -0.2) is 12.8 Å². The van der Waals surface area contributed by atoms with Crippen molar-refractivity contribution in [2.45, 2.75) is 0 Å². The maximum Gasteiger partial charge on any atom is 0.170 e. The Labute approximate surface area is 41.6 Å². The van der Waals surface area contributed by atoms with Gasteiger partial charge in [-0.05, 0) is 0 Å². The molecule has 0 aromatic heterocycles. The molecule has 0 bridgehead atoms. The largest absolute Gasteiger partial charge is 0.225 e. The van der Waals surface area contributed by atoms with E-state index in [0.29, 0.717) is 5.41 Å². The first-order valence-electron chi connectivity index (χ1n) is 1.53. The summed E-state index contributed by atoms with van der Waals surface area (Å²) >= 11 is 0. The van der Waals surface area contributed by atoms with Crippen LogP contribution in [0.1, 0.15) is 0 Å². The Morgan fingerprint density at radius 3 is 2.00 bits per heavy atom. The van der Waals surface area contributed by atoms with Crippen LogP contribution in [0.15, 0.2) is 11.7 Å². The molecule has 0 fully saturated rings. The van der Waals surface area contributed by atoms with Crippen molar-refractivity contribution in [2.24, 2.45) is 0 Å². The van der Waals surface area contributed by atoms with Gasteiger partial charge in [0.2, 0.25) is 0 Å². The highest BCUT2D eigenvalue weighted by atomic mass is 32.2. The van der Waals surface area contributed by atoms with Crippen LogP contribution in [-0.4, -0.2) is 14.7 Å². The molecule has 0 aromatic rings. The van der Waals surface area contributed by atoms with Crippen LogP contribution < -0.4 is 0 Å². The van der Waals surface area contributed by atoms with Crippen molar-refractivity contribution in [3.63, 3.8) is 0 Å². The fourth-order valence-electron chi connectivity index (χ4n) is 0.0934. The molecule has 0 saturated carbocycles. The molecular weight excluding hydrogens is 119 g/mol. The van der Waals surface area contributed by atoms with Crippen LogP contribution in [-0.2, 0) is 9.84 Å². The first-order valence-corrected chi connectivity index (χ1v) is 3.48. The van der Waals surface area contributed by atoms with Crippen LogP contribution in [0.4, 0.5) is 4.39 Å². The molecule has 0 aliphatic rings. The van der Waals surface area contributed by atoms with E-state index in [1.54, 1.807) is 0 Å². The van der Waals surface area contributed by atoms with Gasteiger partial charge in [0.05, 0.1) is 11.7 Å². The van der Waals surface area contributed by atoms with E-state index >= 15 is 0 Å². The molecule has 0 unspecified atom stereocenters. The monoisotopic (exact) mass is 124 g/mol. The zero-order valence-electron chi connectivity index (χ0n) is 3.76. The van der Waals surface area contributed by atoms with Crippen molar-refractivity contribution in [1.29, 1.82) is 0 Å². The summed E-state index contributed by atoms with van der Waals surface area (Å²) in [5, 5.41) is 0.493. The molecule has 7 heavy (non-hydrogen) atoms. The fraction of sp³-hybridized carbons (Fsp3) is 0.333. The van der Waals surface area contributed by atoms with Gasteiger partial charge in [-0.2, -0.15) is 0 Å². The lowest BCUT2D eigenvalue weighted by molar-refractivity contribution is 0.608. The molecule has 2 nitrogen and oxygen atoms in total. The molecule has 0 N–H and O–H groups in total. The van der Waals surface area contributed by atoms with E-state index in [1.165, 1.54) is 0 Å². The maximum absolute atomic E-state index is 10.9. The molecule has 4 heteroatoms. The summed E-state index contributed by atoms with van der Waals surface area (Å²) in [5.41, 5.74) is 0. The Hall–Kier alpha value is -0.380. The van der Waals surface area contributed by atoms with E-state index in [0.717, 1.165) is 6.26 Å². The van der Waals surface area contributed by atoms with E-state index in [9.17, 15) is 12.8 Å². The Morgan fingerprint density at radius 2 is 2.00 bits per heavy atom. The molecule has 0 spiro atoms. The number of rotatable bonds is 1. The van der Waals surface area contributed by atoms with Crippen molar-refractivity contribution in [3.05, 3.63) is 11.7 Å². The fourth-order valence-corrected chi connectivity index (χ4v) is 0.280. The Bertz CT molecular complexity index is 156. The van der Waals surface area contributed by atoms with Crippen molar-refractivity contribution in [1.82, 2.24) is 0 Å². The van der Waals surface area contributed by atoms with E-state index in [4.69, 9.17) is 0 Å². The summed E-state index contributed by atoms with van der Waals surface area (Å²) in [5.74, 6) is 0. The minimum Gasteiger partial charge on any atom is -0.225 e. The van der Waals surface area contributed by atoms with Gasteiger partial charge in [-0.15, -0.1) is 0 Å². The normalized spacial score (nSPS) is 12.9. The van der Waals surface area contributed by atoms with Crippen LogP contribution in [0.3, 0.4) is 0 Å². The Morgan fingerprint density at radius 1 is 1.57 bits per heavy atom. The quantitative estimate of drug-likeness (QED) is 0.509. The summed E-state index contributed by atoms with van der Waals surface area (Å²) in [6, 6.07) is 0. The van der Waals surface area contributed by atoms with Crippen molar-refractivity contribution < 1.29 is 12.8 Å². The number of sulfone groups is 1. The number of halogens is 1. The van der Waals surface area contributed by atoms with Gasteiger partial charge in [0.1, 0.15) is 0 Å². The molecule has 0 aliphatic heterocycles. The molecule has 0 amide bonds. The first kappa shape index (κ1) is 6.62. The third kappa shape index (κ3) is 5.62. The summed E-state index contributed by atoms with van der Waals surface area (Å²) in [4.78, 5) is 0. The predicted molar refractivity (Wildman–Crippen MR) is 25.1 cm³/mol. The number of hydrogen-bond acceptors (Lipinski definition) is 2. The van der Waals surface area contributed by atoms with Gasteiger partial charge in [0, 0.05) is 6.26 Å². The molecule has 0 saturated heterocycles. The van der Waals surface area contributed by atoms with Gasteiger partial charge >= 0.3 is 0 Å². The second-order valence-corrected chi connectivity index (χ2v) is 3.02. The van der Waals surface area contributed by atoms with Crippen LogP contribution in [0.25, 0.3) is 0 Å². The highest BCUT2D eigenvalue weighted by molar-refractivity contribution is 7.93. The SMILES string of the molecule is CS(=O)(=O)C=CF. The zero-order chi connectivity index (χ0) is 5.91. The second-order valence-electron chi connectivity index (χ2n) is 1.09. The van der Waals surface area contributed by atoms with Gasteiger partial charge in [0.15, 0.2) is 9.84 Å². The van der Waals surface area contributed by atoms with E-state index in [-0.39, 0.29) is 6.33 Å². The van der Waals surface area contributed by atoms with Crippen LogP contribution in [0.5, 0.6) is 0 Å². The average molecular weight is 124 g/mol. The second kappa shape index (κ2) is 2.07. The smallest absolute Gasteiger partial charge is 0.170 e. The summed E-state index contributed by atoms with van der Waals surface area (Å²) in [6.07, 6.45) is 0.915. The molecule has 0 atom stereocenters. The molecular formula is C3H5FO2S. The van der Waals surface area contributed by atoms with Gasteiger partial charge in [-0.3, -0.25) is 0 Å². The van der Waals surface area contributed by atoms with Crippen LogP contribution >= 0.6 is 0 Å². The lowest BCUT2D eigenvalue weighted by atomic mass is 11.2. The average Bonchev–Trinajstić information content (AvgIpc) is 1.30. The summed E-state index contributed by atoms with van der Waals surface area (Å²) in [7, 11) is -3.23. The summed E-state index contributed by atoms with van der Waals surface area (Å²) < 4.78 is 30.7. The molecule has 0 rings (SSSR count). The standard InChI is InChI=1S/C3H5FO2S/c1-7(5,6)3-2-4/h2-3H,1H3. The number of hydrogen-bond donors (Lipinski definition) is 0. The molecule has 42 valence electrons. The Kier molecular flexibility index (Phi) is 1.95. The maximum atomic E-state index is 10.9. The van der Waals surface area contributed by atoms with E-state index in [1.807, 2.05) is 0 Å². The van der Waals surface area contributed by atoms with Gasteiger partial charge in [-0.1, -0.05) is 0 Å². The lowest BCUT2D eigenvalue weighted by Gasteiger charge is -1.75. The van der Waals surface area contributed by atoms with Crippen molar-refractivity contribution in [3.8, 4) is 0 Å². The molecule has 0 aliphatic carbocycles. The lowest BCUT2D eigenvalue weighted by Crippen LogP contribution is -1.85. The van der Waals surface area contributed by atoms with E-state index in [2.05, 4.69) is 0 Å². The van der Waals surface area contributed by atoms with E-state index < -0.39 is 9.84 Å². The van der Waals surface area contributed by atoms with Crippen molar-refractivity contribution in [2.75, 3.05) is 6.26 Å². The van der Waals surface area contributed by atoms with Crippen LogP contribution in [0.2, 0.25) is 0 Å². The minimum atomic E-state index is -3.23.